The van der Waals surface area contributed by atoms with E-state index in [0.29, 0.717) is 5.69 Å². The second-order valence-electron chi connectivity index (χ2n) is 4.43. The zero-order valence-electron chi connectivity index (χ0n) is 11.0. The Morgan fingerprint density at radius 2 is 2.16 bits per heavy atom. The van der Waals surface area contributed by atoms with Crippen molar-refractivity contribution in [1.29, 1.82) is 0 Å². The van der Waals surface area contributed by atoms with Crippen molar-refractivity contribution in [2.24, 2.45) is 0 Å². The van der Waals surface area contributed by atoms with E-state index in [4.69, 9.17) is 9.84 Å². The van der Waals surface area contributed by atoms with Crippen molar-refractivity contribution in [3.05, 3.63) is 28.3 Å². The predicted octanol–water partition coefficient (Wildman–Crippen LogP) is 2.27. The molecule has 0 aliphatic carbocycles. The largest absolute Gasteiger partial charge is 0.487 e. The van der Waals surface area contributed by atoms with Crippen LogP contribution in [0.25, 0.3) is 0 Å². The van der Waals surface area contributed by atoms with Gasteiger partial charge in [0.2, 0.25) is 0 Å². The molecule has 0 saturated carbocycles. The van der Waals surface area contributed by atoms with Crippen LogP contribution >= 0.6 is 0 Å². The average Bonchev–Trinajstić information content (AvgIpc) is 2.28. The quantitative estimate of drug-likeness (QED) is 0.606. The number of nitrogens with zero attached hydrogens (tertiary/aromatic N) is 1. The minimum Gasteiger partial charge on any atom is -0.487 e. The molecule has 1 aromatic rings. The first kappa shape index (κ1) is 14.7. The minimum absolute atomic E-state index is 0.110. The van der Waals surface area contributed by atoms with Crippen molar-refractivity contribution in [3.8, 4) is 5.75 Å². The highest BCUT2D eigenvalue weighted by Gasteiger charge is 2.27. The molecule has 0 saturated heterocycles. The van der Waals surface area contributed by atoms with Gasteiger partial charge in [-0.15, -0.1) is 0 Å². The Balaban J connectivity index is 3.08. The zero-order valence-corrected chi connectivity index (χ0v) is 11.0. The van der Waals surface area contributed by atoms with E-state index in [0.717, 1.165) is 0 Å². The maximum atomic E-state index is 11.0. The number of nitrogens with one attached hydrogen (secondary N) is 1. The van der Waals surface area contributed by atoms with E-state index < -0.39 is 16.4 Å². The third-order valence-electron chi connectivity index (χ3n) is 2.45. The SMILES string of the molecule is CCOc1cc(NC(C)(C)C(=O)O)ccc1[N+](=O)[O-]. The van der Waals surface area contributed by atoms with Crippen LogP contribution in [0.1, 0.15) is 20.8 Å². The highest BCUT2D eigenvalue weighted by Crippen LogP contribution is 2.31. The van der Waals surface area contributed by atoms with E-state index in [1.807, 2.05) is 0 Å². The lowest BCUT2D eigenvalue weighted by Crippen LogP contribution is -2.39. The number of aliphatic carboxylic acids is 1. The molecule has 0 heterocycles. The normalized spacial score (nSPS) is 10.9. The predicted molar refractivity (Wildman–Crippen MR) is 69.6 cm³/mol. The van der Waals surface area contributed by atoms with Gasteiger partial charge < -0.3 is 15.2 Å². The number of carboxylic acid groups (broad SMARTS) is 1. The first-order valence-electron chi connectivity index (χ1n) is 5.70. The van der Waals surface area contributed by atoms with E-state index >= 15 is 0 Å². The molecular weight excluding hydrogens is 252 g/mol. The fourth-order valence-electron chi connectivity index (χ4n) is 1.43. The summed E-state index contributed by atoms with van der Waals surface area (Å²) in [5.41, 5.74) is -0.887. The third kappa shape index (κ3) is 3.57. The lowest BCUT2D eigenvalue weighted by molar-refractivity contribution is -0.385. The standard InChI is InChI=1S/C12H16N2O5/c1-4-19-10-7-8(5-6-9(10)14(17)18)13-12(2,3)11(15)16/h5-7,13H,4H2,1-3H3,(H,15,16). The second kappa shape index (κ2) is 5.55. The molecule has 1 rings (SSSR count). The first-order chi connectivity index (χ1) is 8.77. The van der Waals surface area contributed by atoms with Crippen LogP contribution in [0.5, 0.6) is 5.75 Å². The summed E-state index contributed by atoms with van der Waals surface area (Å²) < 4.78 is 5.18. The minimum atomic E-state index is -1.18. The first-order valence-corrected chi connectivity index (χ1v) is 5.70. The Hall–Kier alpha value is -2.31. The Morgan fingerprint density at radius 3 is 2.63 bits per heavy atom. The van der Waals surface area contributed by atoms with Crippen LogP contribution in [0.3, 0.4) is 0 Å². The van der Waals surface area contributed by atoms with Crippen LogP contribution in [0.2, 0.25) is 0 Å². The van der Waals surface area contributed by atoms with Gasteiger partial charge in [0.25, 0.3) is 0 Å². The summed E-state index contributed by atoms with van der Waals surface area (Å²) in [6, 6.07) is 4.16. The number of hydrogen-bond acceptors (Lipinski definition) is 5. The maximum Gasteiger partial charge on any atom is 0.328 e. The molecule has 0 unspecified atom stereocenters. The fraction of sp³-hybridized carbons (Fsp3) is 0.417. The average molecular weight is 268 g/mol. The molecule has 19 heavy (non-hydrogen) atoms. The molecule has 0 atom stereocenters. The Kier molecular flexibility index (Phi) is 4.31. The van der Waals surface area contributed by atoms with Gasteiger partial charge in [0.15, 0.2) is 5.75 Å². The maximum absolute atomic E-state index is 11.0. The third-order valence-corrected chi connectivity index (χ3v) is 2.45. The number of anilines is 1. The zero-order chi connectivity index (χ0) is 14.6. The van der Waals surface area contributed by atoms with E-state index in [1.54, 1.807) is 6.92 Å². The lowest BCUT2D eigenvalue weighted by Gasteiger charge is -2.22. The highest BCUT2D eigenvalue weighted by molar-refractivity contribution is 5.82. The Morgan fingerprint density at radius 1 is 1.53 bits per heavy atom. The van der Waals surface area contributed by atoms with Gasteiger partial charge in [0.05, 0.1) is 11.5 Å². The van der Waals surface area contributed by atoms with Crippen molar-refractivity contribution in [2.75, 3.05) is 11.9 Å². The molecule has 2 N–H and O–H groups in total. The molecule has 104 valence electrons. The molecule has 7 heteroatoms. The molecule has 0 fully saturated rings. The number of carboxylic acids is 1. The van der Waals surface area contributed by atoms with E-state index in [2.05, 4.69) is 5.32 Å². The summed E-state index contributed by atoms with van der Waals surface area (Å²) in [6.45, 7) is 4.99. The summed E-state index contributed by atoms with van der Waals surface area (Å²) in [6.07, 6.45) is 0. The number of nitro benzene ring substituents is 1. The number of hydrogen-bond donors (Lipinski definition) is 2. The van der Waals surface area contributed by atoms with E-state index in [9.17, 15) is 14.9 Å². The summed E-state index contributed by atoms with van der Waals surface area (Å²) in [7, 11) is 0. The van der Waals surface area contributed by atoms with Gasteiger partial charge in [0.1, 0.15) is 5.54 Å². The van der Waals surface area contributed by atoms with Gasteiger partial charge in [0, 0.05) is 17.8 Å². The van der Waals surface area contributed by atoms with Gasteiger partial charge in [-0.05, 0) is 26.8 Å². The van der Waals surface area contributed by atoms with Crippen LogP contribution < -0.4 is 10.1 Å². The fourth-order valence-corrected chi connectivity index (χ4v) is 1.43. The molecule has 0 aromatic heterocycles. The topological polar surface area (TPSA) is 102 Å². The number of nitro groups is 1. The van der Waals surface area contributed by atoms with Gasteiger partial charge in [-0.3, -0.25) is 10.1 Å². The van der Waals surface area contributed by atoms with Crippen molar-refractivity contribution in [3.63, 3.8) is 0 Å². The number of rotatable bonds is 6. The highest BCUT2D eigenvalue weighted by atomic mass is 16.6. The van der Waals surface area contributed by atoms with Gasteiger partial charge in [-0.2, -0.15) is 0 Å². The van der Waals surface area contributed by atoms with Crippen molar-refractivity contribution in [1.82, 2.24) is 0 Å². The Bertz CT molecular complexity index is 499. The van der Waals surface area contributed by atoms with Crippen molar-refractivity contribution >= 4 is 17.3 Å². The van der Waals surface area contributed by atoms with Gasteiger partial charge in [-0.1, -0.05) is 0 Å². The summed E-state index contributed by atoms with van der Waals surface area (Å²) >= 11 is 0. The van der Waals surface area contributed by atoms with Gasteiger partial charge >= 0.3 is 11.7 Å². The number of benzene rings is 1. The molecule has 0 radical (unpaired) electrons. The molecule has 0 aliphatic heterocycles. The van der Waals surface area contributed by atoms with E-state index in [1.165, 1.54) is 32.0 Å². The van der Waals surface area contributed by atoms with Crippen LogP contribution in [-0.2, 0) is 4.79 Å². The van der Waals surface area contributed by atoms with Crippen molar-refractivity contribution < 1.29 is 19.6 Å². The van der Waals surface area contributed by atoms with Crippen LogP contribution in [-0.4, -0.2) is 28.1 Å². The molecule has 0 bridgehead atoms. The van der Waals surface area contributed by atoms with Gasteiger partial charge in [-0.25, -0.2) is 4.79 Å². The molecule has 0 aliphatic rings. The van der Waals surface area contributed by atoms with E-state index in [-0.39, 0.29) is 18.0 Å². The number of carbonyl (C=O) groups is 1. The van der Waals surface area contributed by atoms with Crippen LogP contribution in [0.4, 0.5) is 11.4 Å². The summed E-state index contributed by atoms with van der Waals surface area (Å²) in [4.78, 5) is 21.3. The van der Waals surface area contributed by atoms with Crippen LogP contribution in [0.15, 0.2) is 18.2 Å². The van der Waals surface area contributed by atoms with Crippen molar-refractivity contribution in [2.45, 2.75) is 26.3 Å². The summed E-state index contributed by atoms with van der Waals surface area (Å²) in [5.74, 6) is -0.914. The molecule has 1 aromatic carbocycles. The smallest absolute Gasteiger partial charge is 0.328 e. The van der Waals surface area contributed by atoms with Crippen LogP contribution in [0, 0.1) is 10.1 Å². The summed E-state index contributed by atoms with van der Waals surface area (Å²) in [5, 5.41) is 22.6. The Labute approximate surface area is 110 Å². The number of ether oxygens (including phenoxy) is 1. The monoisotopic (exact) mass is 268 g/mol. The molecule has 0 spiro atoms. The molecular formula is C12H16N2O5. The second-order valence-corrected chi connectivity index (χ2v) is 4.43. The lowest BCUT2D eigenvalue weighted by atomic mass is 10.1. The molecule has 7 nitrogen and oxygen atoms in total. The molecule has 0 amide bonds.